The molecule has 0 aliphatic carbocycles. The lowest BCUT2D eigenvalue weighted by atomic mass is 10.2. The topological polar surface area (TPSA) is 45.4 Å². The highest BCUT2D eigenvalue weighted by atomic mass is 15.3. The fraction of sp³-hybridized carbons (Fsp3) is 0.444. The molecule has 0 radical (unpaired) electrons. The highest BCUT2D eigenvalue weighted by Crippen LogP contribution is 2.30. The molecule has 70 valence electrons. The first-order valence-electron chi connectivity index (χ1n) is 4.36. The van der Waals surface area contributed by atoms with Gasteiger partial charge < -0.3 is 15.5 Å². The number of likely N-dealkylation sites (N-methyl/N-ethyl adjacent to an activating group) is 2. The number of nitrogens with two attached hydrogens (primary N) is 1. The molecule has 0 aromatic carbocycles. The third kappa shape index (κ3) is 1.28. The van der Waals surface area contributed by atoms with Crippen LogP contribution in [-0.2, 0) is 0 Å². The van der Waals surface area contributed by atoms with Crippen LogP contribution >= 0.6 is 0 Å². The zero-order valence-electron chi connectivity index (χ0n) is 7.99. The maximum atomic E-state index is 5.68. The van der Waals surface area contributed by atoms with Gasteiger partial charge in [-0.3, -0.25) is 0 Å². The molecule has 2 heterocycles. The second kappa shape index (κ2) is 2.80. The van der Waals surface area contributed by atoms with E-state index in [1.54, 1.807) is 6.20 Å². The Kier molecular flexibility index (Phi) is 1.76. The smallest absolute Gasteiger partial charge is 0.152 e. The summed E-state index contributed by atoms with van der Waals surface area (Å²) in [4.78, 5) is 8.64. The van der Waals surface area contributed by atoms with Crippen molar-refractivity contribution < 1.29 is 0 Å². The van der Waals surface area contributed by atoms with E-state index >= 15 is 0 Å². The van der Waals surface area contributed by atoms with Gasteiger partial charge in [0.15, 0.2) is 5.82 Å². The summed E-state index contributed by atoms with van der Waals surface area (Å²) in [5, 5.41) is 0. The number of hydrogen-bond donors (Lipinski definition) is 1. The van der Waals surface area contributed by atoms with Crippen molar-refractivity contribution in [3.05, 3.63) is 12.3 Å². The highest BCUT2D eigenvalue weighted by molar-refractivity contribution is 5.72. The van der Waals surface area contributed by atoms with Crippen LogP contribution in [0, 0.1) is 0 Å². The summed E-state index contributed by atoms with van der Waals surface area (Å²) < 4.78 is 0. The highest BCUT2D eigenvalue weighted by Gasteiger charge is 2.18. The molecule has 0 atom stereocenters. The van der Waals surface area contributed by atoms with Gasteiger partial charge in [-0.25, -0.2) is 4.98 Å². The minimum absolute atomic E-state index is 0.723. The first kappa shape index (κ1) is 8.16. The molecule has 1 aromatic rings. The number of aromatic nitrogens is 1. The molecule has 1 aromatic heterocycles. The van der Waals surface area contributed by atoms with Crippen LogP contribution in [0.1, 0.15) is 0 Å². The van der Waals surface area contributed by atoms with E-state index in [-0.39, 0.29) is 0 Å². The Hall–Kier alpha value is -1.45. The molecule has 0 unspecified atom stereocenters. The average Bonchev–Trinajstić information content (AvgIpc) is 2.12. The van der Waals surface area contributed by atoms with Crippen molar-refractivity contribution in [1.82, 2.24) is 4.98 Å². The van der Waals surface area contributed by atoms with Crippen molar-refractivity contribution in [2.75, 3.05) is 42.7 Å². The molecule has 0 spiro atoms. The van der Waals surface area contributed by atoms with Crippen molar-refractivity contribution in [3.8, 4) is 0 Å². The molecule has 0 saturated heterocycles. The molecule has 4 heteroatoms. The third-order valence-corrected chi connectivity index (χ3v) is 2.41. The van der Waals surface area contributed by atoms with Gasteiger partial charge >= 0.3 is 0 Å². The van der Waals surface area contributed by atoms with Gasteiger partial charge in [-0.2, -0.15) is 0 Å². The summed E-state index contributed by atoms with van der Waals surface area (Å²) in [5.41, 5.74) is 7.52. The lowest BCUT2D eigenvalue weighted by Crippen LogP contribution is -2.37. The molecule has 0 bridgehead atoms. The van der Waals surface area contributed by atoms with Gasteiger partial charge in [0.25, 0.3) is 0 Å². The minimum atomic E-state index is 0.723. The summed E-state index contributed by atoms with van der Waals surface area (Å²) in [6, 6.07) is 1.97. The van der Waals surface area contributed by atoms with Crippen molar-refractivity contribution in [1.29, 1.82) is 0 Å². The Morgan fingerprint density at radius 3 is 2.77 bits per heavy atom. The van der Waals surface area contributed by atoms with E-state index in [0.29, 0.717) is 0 Å². The van der Waals surface area contributed by atoms with Gasteiger partial charge in [0, 0.05) is 27.2 Å². The molecule has 2 rings (SSSR count). The van der Waals surface area contributed by atoms with Crippen LogP contribution in [0.5, 0.6) is 0 Å². The van der Waals surface area contributed by atoms with Gasteiger partial charge in [0.05, 0.1) is 17.6 Å². The number of rotatable bonds is 0. The SMILES string of the molecule is CN1CCN(C)c2ncc(N)cc21. The van der Waals surface area contributed by atoms with Crippen molar-refractivity contribution in [3.63, 3.8) is 0 Å². The molecule has 0 fully saturated rings. The number of fused-ring (bicyclic) bond motifs is 1. The Balaban J connectivity index is 2.50. The zero-order valence-corrected chi connectivity index (χ0v) is 7.99. The quantitative estimate of drug-likeness (QED) is 0.630. The van der Waals surface area contributed by atoms with Crippen molar-refractivity contribution >= 4 is 17.2 Å². The van der Waals surface area contributed by atoms with E-state index in [1.807, 2.05) is 6.07 Å². The summed E-state index contributed by atoms with van der Waals surface area (Å²) >= 11 is 0. The van der Waals surface area contributed by atoms with Gasteiger partial charge in [0.2, 0.25) is 0 Å². The van der Waals surface area contributed by atoms with Crippen LogP contribution in [0.25, 0.3) is 0 Å². The van der Waals surface area contributed by atoms with Gasteiger partial charge in [0.1, 0.15) is 0 Å². The number of anilines is 3. The third-order valence-electron chi connectivity index (χ3n) is 2.41. The summed E-state index contributed by atoms with van der Waals surface area (Å²) in [6.07, 6.45) is 1.70. The second-order valence-corrected chi connectivity index (χ2v) is 3.45. The first-order chi connectivity index (χ1) is 6.18. The van der Waals surface area contributed by atoms with Crippen LogP contribution in [0.4, 0.5) is 17.2 Å². The van der Waals surface area contributed by atoms with E-state index in [2.05, 4.69) is 28.9 Å². The molecule has 2 N–H and O–H groups in total. The summed E-state index contributed by atoms with van der Waals surface area (Å²) in [6.45, 7) is 2.04. The largest absolute Gasteiger partial charge is 0.397 e. The average molecular weight is 178 g/mol. The molecule has 13 heavy (non-hydrogen) atoms. The van der Waals surface area contributed by atoms with E-state index in [4.69, 9.17) is 5.73 Å². The standard InChI is InChI=1S/C9H14N4/c1-12-3-4-13(2)9-8(12)5-7(10)6-11-9/h5-6H,3-4,10H2,1-2H3. The van der Waals surface area contributed by atoms with E-state index < -0.39 is 0 Å². The van der Waals surface area contributed by atoms with Gasteiger partial charge in [-0.1, -0.05) is 0 Å². The lowest BCUT2D eigenvalue weighted by Gasteiger charge is -2.33. The van der Waals surface area contributed by atoms with Crippen LogP contribution in [0.3, 0.4) is 0 Å². The van der Waals surface area contributed by atoms with Crippen LogP contribution in [-0.4, -0.2) is 32.2 Å². The van der Waals surface area contributed by atoms with E-state index in [0.717, 1.165) is 30.3 Å². The zero-order chi connectivity index (χ0) is 9.42. The van der Waals surface area contributed by atoms with E-state index in [1.165, 1.54) is 0 Å². The molecule has 1 aliphatic heterocycles. The minimum Gasteiger partial charge on any atom is -0.397 e. The Morgan fingerprint density at radius 2 is 2.00 bits per heavy atom. The molecule has 0 saturated carbocycles. The normalized spacial score (nSPS) is 15.8. The Bertz CT molecular complexity index is 323. The number of hydrogen-bond acceptors (Lipinski definition) is 4. The number of nitrogen functional groups attached to an aromatic ring is 1. The molecule has 4 nitrogen and oxygen atoms in total. The predicted molar refractivity (Wildman–Crippen MR) is 55.2 cm³/mol. The van der Waals surface area contributed by atoms with Crippen LogP contribution < -0.4 is 15.5 Å². The first-order valence-corrected chi connectivity index (χ1v) is 4.36. The predicted octanol–water partition coefficient (Wildman–Crippen LogP) is 0.550. The van der Waals surface area contributed by atoms with Crippen molar-refractivity contribution in [2.45, 2.75) is 0 Å². The van der Waals surface area contributed by atoms with Crippen molar-refractivity contribution in [2.24, 2.45) is 0 Å². The lowest BCUT2D eigenvalue weighted by molar-refractivity contribution is 0.783. The maximum Gasteiger partial charge on any atom is 0.152 e. The molecule has 1 aliphatic rings. The van der Waals surface area contributed by atoms with Crippen LogP contribution in [0.15, 0.2) is 12.3 Å². The Morgan fingerprint density at radius 1 is 1.31 bits per heavy atom. The van der Waals surface area contributed by atoms with Crippen LogP contribution in [0.2, 0.25) is 0 Å². The summed E-state index contributed by atoms with van der Waals surface area (Å²) in [5.74, 6) is 1.02. The molecule has 0 amide bonds. The monoisotopic (exact) mass is 178 g/mol. The molecular formula is C9H14N4. The summed E-state index contributed by atoms with van der Waals surface area (Å²) in [7, 11) is 4.11. The molecular weight excluding hydrogens is 164 g/mol. The number of nitrogens with zero attached hydrogens (tertiary/aromatic N) is 3. The fourth-order valence-electron chi connectivity index (χ4n) is 1.56. The second-order valence-electron chi connectivity index (χ2n) is 3.45. The van der Waals surface area contributed by atoms with Gasteiger partial charge in [-0.15, -0.1) is 0 Å². The van der Waals surface area contributed by atoms with Gasteiger partial charge in [-0.05, 0) is 6.07 Å². The Labute approximate surface area is 78.0 Å². The number of pyridine rings is 1. The maximum absolute atomic E-state index is 5.68. The van der Waals surface area contributed by atoms with E-state index in [9.17, 15) is 0 Å². The fourth-order valence-corrected chi connectivity index (χ4v) is 1.56.